The molecule has 0 N–H and O–H groups in total. The number of amides is 3. The van der Waals surface area contributed by atoms with Crippen molar-refractivity contribution < 1.29 is 28.7 Å². The Morgan fingerprint density at radius 1 is 1.12 bits per heavy atom. The predicted molar refractivity (Wildman–Crippen MR) is 117 cm³/mol. The fraction of sp³-hybridized carbons (Fsp3) is 0.565. The third-order valence-electron chi connectivity index (χ3n) is 6.00. The number of likely N-dealkylation sites (tertiary alicyclic amines) is 1. The molecule has 9 heteroatoms. The van der Waals surface area contributed by atoms with Crippen molar-refractivity contribution in [3.8, 4) is 5.75 Å². The van der Waals surface area contributed by atoms with Gasteiger partial charge >= 0.3 is 5.97 Å². The molecule has 0 bridgehead atoms. The van der Waals surface area contributed by atoms with Gasteiger partial charge < -0.3 is 24.2 Å². The van der Waals surface area contributed by atoms with E-state index in [1.165, 1.54) is 4.90 Å². The van der Waals surface area contributed by atoms with Crippen molar-refractivity contribution in [2.24, 2.45) is 11.8 Å². The number of hydrogen-bond acceptors (Lipinski definition) is 6. The number of likely N-dealkylation sites (N-methyl/N-ethyl adjacent to an activating group) is 1. The Bertz CT molecular complexity index is 856. The molecular formula is C23H31N3O6. The Balaban J connectivity index is 1.55. The summed E-state index contributed by atoms with van der Waals surface area (Å²) in [6.45, 7) is 3.14. The van der Waals surface area contributed by atoms with Gasteiger partial charge in [-0.1, -0.05) is 0 Å². The van der Waals surface area contributed by atoms with Gasteiger partial charge in [0.15, 0.2) is 0 Å². The van der Waals surface area contributed by atoms with Crippen molar-refractivity contribution in [1.29, 1.82) is 0 Å². The number of piperidine rings is 1. The molecule has 2 aliphatic rings. The van der Waals surface area contributed by atoms with E-state index in [0.29, 0.717) is 37.6 Å². The first-order valence-electron chi connectivity index (χ1n) is 11.0. The van der Waals surface area contributed by atoms with Crippen LogP contribution in [0.25, 0.3) is 0 Å². The van der Waals surface area contributed by atoms with E-state index in [4.69, 9.17) is 9.47 Å². The molecule has 0 spiro atoms. The molecule has 32 heavy (non-hydrogen) atoms. The smallest absolute Gasteiger partial charge is 0.310 e. The zero-order chi connectivity index (χ0) is 23.3. The van der Waals surface area contributed by atoms with E-state index in [1.54, 1.807) is 55.1 Å². The van der Waals surface area contributed by atoms with Gasteiger partial charge in [0.2, 0.25) is 17.7 Å². The standard InChI is InChI=1S/C23H31N3O6/c1-4-32-23(30)16-6-5-11-25(13-16)21(28)15-24(2)22(29)17-12-20(27)26(14-17)18-7-9-19(31-3)10-8-18/h7-10,16-17H,4-6,11-15H2,1-3H3. The molecule has 2 heterocycles. The summed E-state index contributed by atoms with van der Waals surface area (Å²) in [6, 6.07) is 7.11. The van der Waals surface area contributed by atoms with Crippen LogP contribution in [0.1, 0.15) is 26.2 Å². The van der Waals surface area contributed by atoms with Crippen molar-refractivity contribution in [3.63, 3.8) is 0 Å². The van der Waals surface area contributed by atoms with Gasteiger partial charge in [-0.3, -0.25) is 19.2 Å². The van der Waals surface area contributed by atoms with Crippen LogP contribution in [0.3, 0.4) is 0 Å². The number of anilines is 1. The molecule has 0 aromatic heterocycles. The second-order valence-electron chi connectivity index (χ2n) is 8.23. The average molecular weight is 446 g/mol. The zero-order valence-electron chi connectivity index (χ0n) is 18.9. The van der Waals surface area contributed by atoms with Crippen LogP contribution < -0.4 is 9.64 Å². The largest absolute Gasteiger partial charge is 0.497 e. The van der Waals surface area contributed by atoms with Crippen LogP contribution in [-0.4, -0.2) is 80.4 Å². The molecule has 3 rings (SSSR count). The highest BCUT2D eigenvalue weighted by atomic mass is 16.5. The predicted octanol–water partition coefficient (Wildman–Crippen LogP) is 1.31. The second-order valence-corrected chi connectivity index (χ2v) is 8.23. The van der Waals surface area contributed by atoms with Gasteiger partial charge in [-0.05, 0) is 44.0 Å². The van der Waals surface area contributed by atoms with Crippen LogP contribution in [0.2, 0.25) is 0 Å². The quantitative estimate of drug-likeness (QED) is 0.587. The van der Waals surface area contributed by atoms with Gasteiger partial charge in [0.05, 0.1) is 32.1 Å². The molecule has 2 unspecified atom stereocenters. The number of esters is 1. The van der Waals surface area contributed by atoms with E-state index in [1.807, 2.05) is 0 Å². The lowest BCUT2D eigenvalue weighted by atomic mass is 9.98. The van der Waals surface area contributed by atoms with Crippen LogP contribution in [0.5, 0.6) is 5.75 Å². The molecule has 0 aliphatic carbocycles. The van der Waals surface area contributed by atoms with E-state index in [-0.39, 0.29) is 49.1 Å². The number of carbonyl (C=O) groups is 4. The third kappa shape index (κ3) is 5.38. The van der Waals surface area contributed by atoms with Crippen LogP contribution in [0.15, 0.2) is 24.3 Å². The summed E-state index contributed by atoms with van der Waals surface area (Å²) in [5.74, 6) is -0.976. The van der Waals surface area contributed by atoms with E-state index in [0.717, 1.165) is 6.42 Å². The lowest BCUT2D eigenvalue weighted by Gasteiger charge is -2.33. The van der Waals surface area contributed by atoms with Crippen LogP contribution in [0.4, 0.5) is 5.69 Å². The molecule has 174 valence electrons. The Kier molecular flexibility index (Phi) is 7.71. The molecule has 0 saturated carbocycles. The molecular weight excluding hydrogens is 414 g/mol. The minimum atomic E-state index is -0.504. The number of ether oxygens (including phenoxy) is 2. The number of carbonyl (C=O) groups excluding carboxylic acids is 4. The molecule has 1 aromatic rings. The summed E-state index contributed by atoms with van der Waals surface area (Å²) in [7, 11) is 3.15. The summed E-state index contributed by atoms with van der Waals surface area (Å²) >= 11 is 0. The van der Waals surface area contributed by atoms with Crippen LogP contribution >= 0.6 is 0 Å². The number of hydrogen-bond donors (Lipinski definition) is 0. The van der Waals surface area contributed by atoms with Crippen LogP contribution in [0, 0.1) is 11.8 Å². The van der Waals surface area contributed by atoms with E-state index in [9.17, 15) is 19.2 Å². The van der Waals surface area contributed by atoms with Gasteiger partial charge in [-0.2, -0.15) is 0 Å². The molecule has 2 saturated heterocycles. The Labute approximate surface area is 188 Å². The lowest BCUT2D eigenvalue weighted by molar-refractivity contribution is -0.152. The zero-order valence-corrected chi connectivity index (χ0v) is 18.9. The maximum absolute atomic E-state index is 12.9. The average Bonchev–Trinajstić information content (AvgIpc) is 3.20. The molecule has 1 aromatic carbocycles. The fourth-order valence-corrected chi connectivity index (χ4v) is 4.23. The first kappa shape index (κ1) is 23.6. The normalized spacial score (nSPS) is 20.8. The van der Waals surface area contributed by atoms with Gasteiger partial charge in [0, 0.05) is 38.8 Å². The maximum Gasteiger partial charge on any atom is 0.310 e. The molecule has 2 atom stereocenters. The molecule has 2 fully saturated rings. The number of rotatable bonds is 7. The summed E-state index contributed by atoms with van der Waals surface area (Å²) in [6.07, 6.45) is 1.53. The minimum absolute atomic E-state index is 0.0817. The number of nitrogens with zero attached hydrogens (tertiary/aromatic N) is 3. The van der Waals surface area contributed by atoms with Gasteiger partial charge in [0.25, 0.3) is 0 Å². The van der Waals surface area contributed by atoms with Crippen molar-refractivity contribution in [2.75, 3.05) is 51.8 Å². The topological polar surface area (TPSA) is 96.5 Å². The number of methoxy groups -OCH3 is 1. The summed E-state index contributed by atoms with van der Waals surface area (Å²) in [5.41, 5.74) is 0.711. The van der Waals surface area contributed by atoms with Gasteiger partial charge in [-0.15, -0.1) is 0 Å². The Morgan fingerprint density at radius 2 is 1.84 bits per heavy atom. The second kappa shape index (κ2) is 10.5. The molecule has 9 nitrogen and oxygen atoms in total. The highest BCUT2D eigenvalue weighted by Crippen LogP contribution is 2.28. The summed E-state index contributed by atoms with van der Waals surface area (Å²) in [5, 5.41) is 0. The minimum Gasteiger partial charge on any atom is -0.497 e. The van der Waals surface area contributed by atoms with Crippen molar-refractivity contribution >= 4 is 29.4 Å². The first-order valence-corrected chi connectivity index (χ1v) is 11.0. The van der Waals surface area contributed by atoms with E-state index in [2.05, 4.69) is 0 Å². The Morgan fingerprint density at radius 3 is 2.50 bits per heavy atom. The molecule has 3 amide bonds. The van der Waals surface area contributed by atoms with Gasteiger partial charge in [-0.25, -0.2) is 0 Å². The van der Waals surface area contributed by atoms with Crippen LogP contribution in [-0.2, 0) is 23.9 Å². The maximum atomic E-state index is 12.9. The van der Waals surface area contributed by atoms with Crippen molar-refractivity contribution in [2.45, 2.75) is 26.2 Å². The fourth-order valence-electron chi connectivity index (χ4n) is 4.23. The highest BCUT2D eigenvalue weighted by molar-refractivity contribution is 6.00. The van der Waals surface area contributed by atoms with Crippen molar-refractivity contribution in [1.82, 2.24) is 9.80 Å². The Hall–Kier alpha value is -3.10. The van der Waals surface area contributed by atoms with Crippen molar-refractivity contribution in [3.05, 3.63) is 24.3 Å². The van der Waals surface area contributed by atoms with E-state index < -0.39 is 5.92 Å². The SMILES string of the molecule is CCOC(=O)C1CCCN(C(=O)CN(C)C(=O)C2CC(=O)N(c3ccc(OC)cc3)C2)C1. The third-order valence-corrected chi connectivity index (χ3v) is 6.00. The molecule has 2 aliphatic heterocycles. The summed E-state index contributed by atoms with van der Waals surface area (Å²) < 4.78 is 10.2. The lowest BCUT2D eigenvalue weighted by Crippen LogP contribution is -2.48. The van der Waals surface area contributed by atoms with Gasteiger partial charge in [0.1, 0.15) is 5.75 Å². The monoisotopic (exact) mass is 445 g/mol. The van der Waals surface area contributed by atoms with E-state index >= 15 is 0 Å². The number of benzene rings is 1. The first-order chi connectivity index (χ1) is 15.3. The summed E-state index contributed by atoms with van der Waals surface area (Å²) in [4.78, 5) is 54.8. The highest BCUT2D eigenvalue weighted by Gasteiger charge is 2.37. The molecule has 0 radical (unpaired) electrons.